The Labute approximate surface area is 89.5 Å². The highest BCUT2D eigenvalue weighted by atomic mass is 16.3. The highest BCUT2D eigenvalue weighted by Gasteiger charge is 2.04. The predicted molar refractivity (Wildman–Crippen MR) is 61.2 cm³/mol. The number of benzene rings is 1. The minimum atomic E-state index is -0.491. The van der Waals surface area contributed by atoms with Crippen LogP contribution in [0.3, 0.4) is 0 Å². The Morgan fingerprint density at radius 2 is 2.13 bits per heavy atom. The molecule has 4 nitrogen and oxygen atoms in total. The number of carbonyl (C=O) groups excluding carboxylic acids is 1. The lowest BCUT2D eigenvalue weighted by Crippen LogP contribution is -2.16. The van der Waals surface area contributed by atoms with Gasteiger partial charge in [-0.1, -0.05) is 0 Å². The van der Waals surface area contributed by atoms with Crippen molar-refractivity contribution in [2.75, 3.05) is 30.9 Å². The molecule has 0 heterocycles. The summed E-state index contributed by atoms with van der Waals surface area (Å²) < 4.78 is 0. The fraction of sp³-hybridized carbons (Fsp3) is 0.364. The van der Waals surface area contributed by atoms with Crippen molar-refractivity contribution in [3.05, 3.63) is 23.8 Å². The highest BCUT2D eigenvalue weighted by Crippen LogP contribution is 2.21. The van der Waals surface area contributed by atoms with Gasteiger partial charge in [0.2, 0.25) is 5.91 Å². The first-order valence-electron chi connectivity index (χ1n) is 4.73. The third-order valence-corrected chi connectivity index (χ3v) is 2.14. The first kappa shape index (κ1) is 11.5. The van der Waals surface area contributed by atoms with Gasteiger partial charge in [-0.05, 0) is 30.7 Å². The number of hydrogen-bond acceptors (Lipinski definition) is 3. The van der Waals surface area contributed by atoms with Crippen LogP contribution < -0.4 is 10.2 Å². The van der Waals surface area contributed by atoms with E-state index in [-0.39, 0.29) is 0 Å². The molecule has 0 aliphatic carbocycles. The van der Waals surface area contributed by atoms with E-state index < -0.39 is 12.5 Å². The summed E-state index contributed by atoms with van der Waals surface area (Å²) in [5, 5.41) is 11.2. The van der Waals surface area contributed by atoms with Gasteiger partial charge in [-0.25, -0.2) is 0 Å². The number of rotatable bonds is 3. The standard InChI is InChI=1S/C11H16N2O2/c1-8-6-9(13(2)3)4-5-10(8)12-11(15)7-14/h4-6,14H,7H2,1-3H3,(H,12,15). The zero-order chi connectivity index (χ0) is 11.4. The van der Waals surface area contributed by atoms with Gasteiger partial charge in [0.1, 0.15) is 6.61 Å². The van der Waals surface area contributed by atoms with Crippen molar-refractivity contribution in [3.63, 3.8) is 0 Å². The maximum Gasteiger partial charge on any atom is 0.250 e. The fourth-order valence-corrected chi connectivity index (χ4v) is 1.26. The number of nitrogens with zero attached hydrogens (tertiary/aromatic N) is 1. The van der Waals surface area contributed by atoms with Gasteiger partial charge in [-0.15, -0.1) is 0 Å². The van der Waals surface area contributed by atoms with Crippen molar-refractivity contribution < 1.29 is 9.90 Å². The summed E-state index contributed by atoms with van der Waals surface area (Å²) in [5.41, 5.74) is 2.79. The number of aryl methyl sites for hydroxylation is 1. The summed E-state index contributed by atoms with van der Waals surface area (Å²) in [6.45, 7) is 1.43. The molecule has 0 aliphatic heterocycles. The molecule has 1 aromatic rings. The zero-order valence-corrected chi connectivity index (χ0v) is 9.24. The minimum Gasteiger partial charge on any atom is -0.387 e. The van der Waals surface area contributed by atoms with Gasteiger partial charge in [0.15, 0.2) is 0 Å². The Balaban J connectivity index is 2.88. The van der Waals surface area contributed by atoms with Crippen LogP contribution in [0.1, 0.15) is 5.56 Å². The first-order valence-corrected chi connectivity index (χ1v) is 4.73. The lowest BCUT2D eigenvalue weighted by molar-refractivity contribution is -0.118. The minimum absolute atomic E-state index is 0.393. The van der Waals surface area contributed by atoms with Crippen LogP contribution in [-0.2, 0) is 4.79 Å². The average Bonchev–Trinajstić information content (AvgIpc) is 2.20. The normalized spacial score (nSPS) is 9.87. The van der Waals surface area contributed by atoms with E-state index in [1.807, 2.05) is 44.1 Å². The lowest BCUT2D eigenvalue weighted by Gasteiger charge is -2.15. The number of amides is 1. The third kappa shape index (κ3) is 2.95. The van der Waals surface area contributed by atoms with Crippen molar-refractivity contribution in [2.24, 2.45) is 0 Å². The maximum absolute atomic E-state index is 11.0. The molecule has 82 valence electrons. The Morgan fingerprint density at radius 1 is 1.47 bits per heavy atom. The SMILES string of the molecule is Cc1cc(N(C)C)ccc1NC(=O)CO. The van der Waals surface area contributed by atoms with Crippen LogP contribution in [0.25, 0.3) is 0 Å². The first-order chi connectivity index (χ1) is 7.04. The zero-order valence-electron chi connectivity index (χ0n) is 9.24. The summed E-state index contributed by atoms with van der Waals surface area (Å²) in [6, 6.07) is 5.73. The Bertz CT molecular complexity index is 362. The Hall–Kier alpha value is -1.55. The quantitative estimate of drug-likeness (QED) is 0.779. The number of hydrogen-bond donors (Lipinski definition) is 2. The van der Waals surface area contributed by atoms with Crippen molar-refractivity contribution in [2.45, 2.75) is 6.92 Å². The molecule has 0 spiro atoms. The molecule has 0 aromatic heterocycles. The van der Waals surface area contributed by atoms with Gasteiger partial charge in [0.05, 0.1) is 0 Å². The van der Waals surface area contributed by atoms with Gasteiger partial charge in [0, 0.05) is 25.5 Å². The second-order valence-electron chi connectivity index (χ2n) is 3.60. The number of carbonyl (C=O) groups is 1. The monoisotopic (exact) mass is 208 g/mol. The highest BCUT2D eigenvalue weighted by molar-refractivity contribution is 5.92. The number of anilines is 2. The second kappa shape index (κ2) is 4.79. The summed E-state index contributed by atoms with van der Waals surface area (Å²) in [5.74, 6) is -0.393. The molecule has 0 fully saturated rings. The van der Waals surface area contributed by atoms with Crippen LogP contribution in [0.5, 0.6) is 0 Å². The molecule has 0 unspecified atom stereocenters. The van der Waals surface area contributed by atoms with Crippen molar-refractivity contribution >= 4 is 17.3 Å². The molecular weight excluding hydrogens is 192 g/mol. The third-order valence-electron chi connectivity index (χ3n) is 2.14. The van der Waals surface area contributed by atoms with Gasteiger partial charge in [0.25, 0.3) is 0 Å². The summed E-state index contributed by atoms with van der Waals surface area (Å²) in [6.07, 6.45) is 0. The molecule has 0 saturated heterocycles. The van der Waals surface area contributed by atoms with Crippen LogP contribution >= 0.6 is 0 Å². The molecule has 0 saturated carbocycles. The van der Waals surface area contributed by atoms with Crippen molar-refractivity contribution in [3.8, 4) is 0 Å². The van der Waals surface area contributed by atoms with E-state index in [0.717, 1.165) is 16.9 Å². The van der Waals surface area contributed by atoms with Gasteiger partial charge >= 0.3 is 0 Å². The topological polar surface area (TPSA) is 52.6 Å². The summed E-state index contributed by atoms with van der Waals surface area (Å²) in [7, 11) is 3.92. The summed E-state index contributed by atoms with van der Waals surface area (Å²) in [4.78, 5) is 13.0. The molecular formula is C11H16N2O2. The van der Waals surface area contributed by atoms with Gasteiger partial charge < -0.3 is 15.3 Å². The van der Waals surface area contributed by atoms with E-state index >= 15 is 0 Å². The fourth-order valence-electron chi connectivity index (χ4n) is 1.26. The second-order valence-corrected chi connectivity index (χ2v) is 3.60. The molecule has 0 radical (unpaired) electrons. The van der Waals surface area contributed by atoms with E-state index in [9.17, 15) is 4.79 Å². The van der Waals surface area contributed by atoms with Crippen LogP contribution in [0.15, 0.2) is 18.2 Å². The van der Waals surface area contributed by atoms with E-state index in [1.54, 1.807) is 0 Å². The molecule has 1 rings (SSSR count). The van der Waals surface area contributed by atoms with E-state index in [2.05, 4.69) is 5.32 Å². The van der Waals surface area contributed by atoms with Crippen molar-refractivity contribution in [1.29, 1.82) is 0 Å². The largest absolute Gasteiger partial charge is 0.387 e. The maximum atomic E-state index is 11.0. The molecule has 1 amide bonds. The number of aliphatic hydroxyl groups is 1. The molecule has 4 heteroatoms. The van der Waals surface area contributed by atoms with Crippen molar-refractivity contribution in [1.82, 2.24) is 0 Å². The predicted octanol–water partition coefficient (Wildman–Crippen LogP) is 0.992. The molecule has 1 aromatic carbocycles. The molecule has 0 bridgehead atoms. The van der Waals surface area contributed by atoms with Gasteiger partial charge in [-0.3, -0.25) is 4.79 Å². The average molecular weight is 208 g/mol. The van der Waals surface area contributed by atoms with E-state index in [4.69, 9.17) is 5.11 Å². The number of aliphatic hydroxyl groups excluding tert-OH is 1. The molecule has 2 N–H and O–H groups in total. The molecule has 0 aliphatic rings. The molecule has 0 atom stereocenters. The van der Waals surface area contributed by atoms with Gasteiger partial charge in [-0.2, -0.15) is 0 Å². The Morgan fingerprint density at radius 3 is 2.60 bits per heavy atom. The van der Waals surface area contributed by atoms with Crippen LogP contribution in [-0.4, -0.2) is 31.7 Å². The smallest absolute Gasteiger partial charge is 0.250 e. The molecule has 15 heavy (non-hydrogen) atoms. The van der Waals surface area contributed by atoms with E-state index in [1.165, 1.54) is 0 Å². The number of nitrogens with one attached hydrogen (secondary N) is 1. The lowest BCUT2D eigenvalue weighted by atomic mass is 10.1. The van der Waals surface area contributed by atoms with Crippen LogP contribution in [0.4, 0.5) is 11.4 Å². The summed E-state index contributed by atoms with van der Waals surface area (Å²) >= 11 is 0. The Kier molecular flexibility index (Phi) is 3.68. The van der Waals surface area contributed by atoms with Crippen LogP contribution in [0, 0.1) is 6.92 Å². The van der Waals surface area contributed by atoms with Crippen LogP contribution in [0.2, 0.25) is 0 Å². The van der Waals surface area contributed by atoms with E-state index in [0.29, 0.717) is 0 Å².